The van der Waals surface area contributed by atoms with Gasteiger partial charge in [0.2, 0.25) is 5.91 Å². The highest BCUT2D eigenvalue weighted by Crippen LogP contribution is 2.29. The molecule has 4 nitrogen and oxygen atoms in total. The lowest BCUT2D eigenvalue weighted by atomic mass is 9.86. The maximum atomic E-state index is 13.9. The van der Waals surface area contributed by atoms with Crippen LogP contribution in [0.5, 0.6) is 0 Å². The van der Waals surface area contributed by atoms with Gasteiger partial charge >= 0.3 is 0 Å². The van der Waals surface area contributed by atoms with Gasteiger partial charge in [0.15, 0.2) is 0 Å². The first-order valence-corrected chi connectivity index (χ1v) is 11.9. The van der Waals surface area contributed by atoms with Gasteiger partial charge in [0.25, 0.3) is 0 Å². The summed E-state index contributed by atoms with van der Waals surface area (Å²) in [6.07, 6.45) is 2.06. The van der Waals surface area contributed by atoms with E-state index in [1.807, 2.05) is 48.5 Å². The molecule has 1 saturated heterocycles. The van der Waals surface area contributed by atoms with Crippen molar-refractivity contribution in [3.63, 3.8) is 0 Å². The summed E-state index contributed by atoms with van der Waals surface area (Å²) in [5, 5.41) is 7.02. The zero-order valence-electron chi connectivity index (χ0n) is 19.9. The zero-order chi connectivity index (χ0) is 23.3. The van der Waals surface area contributed by atoms with Gasteiger partial charge in [0.1, 0.15) is 6.04 Å². The van der Waals surface area contributed by atoms with Gasteiger partial charge in [-0.1, -0.05) is 81.4 Å². The summed E-state index contributed by atoms with van der Waals surface area (Å²) in [6, 6.07) is 28.5. The van der Waals surface area contributed by atoms with Crippen LogP contribution in [0.1, 0.15) is 50.8 Å². The molecule has 1 fully saturated rings. The summed E-state index contributed by atoms with van der Waals surface area (Å²) in [5.41, 5.74) is 4.39. The average Bonchev–Trinajstić information content (AvgIpc) is 3.30. The van der Waals surface area contributed by atoms with Crippen molar-refractivity contribution in [2.24, 2.45) is 0 Å². The van der Waals surface area contributed by atoms with E-state index in [-0.39, 0.29) is 17.4 Å². The van der Waals surface area contributed by atoms with E-state index in [0.717, 1.165) is 42.9 Å². The highest BCUT2D eigenvalue weighted by atomic mass is 16.2. The predicted molar refractivity (Wildman–Crippen MR) is 138 cm³/mol. The molecule has 2 atom stereocenters. The normalized spacial score (nSPS) is 16.9. The molecule has 4 heteroatoms. The Bertz CT molecular complexity index is 1030. The maximum Gasteiger partial charge on any atom is 0.250 e. The minimum absolute atomic E-state index is 0.0774. The van der Waals surface area contributed by atoms with Crippen LogP contribution in [-0.4, -0.2) is 29.9 Å². The predicted octanol–water partition coefficient (Wildman–Crippen LogP) is 6.24. The van der Waals surface area contributed by atoms with Crippen LogP contribution in [0.25, 0.3) is 0 Å². The lowest BCUT2D eigenvalue weighted by molar-refractivity contribution is -0.132. The molecule has 172 valence electrons. The van der Waals surface area contributed by atoms with Gasteiger partial charge in [-0.3, -0.25) is 4.79 Å². The second kappa shape index (κ2) is 10.1. The molecule has 0 aliphatic carbocycles. The molecule has 1 amide bonds. The Hall–Kier alpha value is -3.27. The molecule has 1 aliphatic rings. The number of amides is 1. The third kappa shape index (κ3) is 5.75. The number of benzene rings is 3. The summed E-state index contributed by atoms with van der Waals surface area (Å²) >= 11 is 0. The van der Waals surface area contributed by atoms with Gasteiger partial charge < -0.3 is 15.5 Å². The molecule has 0 saturated carbocycles. The Kier molecular flexibility index (Phi) is 7.02. The largest absolute Gasteiger partial charge is 0.383 e. The number of nitrogens with zero attached hydrogens (tertiary/aromatic N) is 1. The summed E-state index contributed by atoms with van der Waals surface area (Å²) < 4.78 is 0. The monoisotopic (exact) mass is 441 g/mol. The average molecular weight is 442 g/mol. The molecular weight excluding hydrogens is 406 g/mol. The molecule has 3 aromatic carbocycles. The van der Waals surface area contributed by atoms with Gasteiger partial charge in [0, 0.05) is 30.5 Å². The quantitative estimate of drug-likeness (QED) is 0.456. The number of para-hydroxylation sites is 2. The standard InChI is InChI=1S/C29H35N3O/c1-29(2,3)23-18-16-22(17-19-23)27(31-25-13-8-5-9-14-25)28(33)32-20-10-15-26(32)21-30-24-11-6-4-7-12-24/h4-9,11-14,16-19,26-27,30-31H,10,15,20-21H2,1-3H3. The Balaban J connectivity index is 1.55. The van der Waals surface area contributed by atoms with Crippen molar-refractivity contribution in [3.05, 3.63) is 96.1 Å². The van der Waals surface area contributed by atoms with E-state index in [1.54, 1.807) is 0 Å². The second-order valence-corrected chi connectivity index (χ2v) is 9.89. The second-order valence-electron chi connectivity index (χ2n) is 9.89. The van der Waals surface area contributed by atoms with Gasteiger partial charge in [-0.05, 0) is 53.6 Å². The van der Waals surface area contributed by atoms with E-state index in [9.17, 15) is 4.79 Å². The van der Waals surface area contributed by atoms with E-state index in [2.05, 4.69) is 72.7 Å². The highest BCUT2D eigenvalue weighted by molar-refractivity contribution is 5.86. The van der Waals surface area contributed by atoms with Crippen molar-refractivity contribution >= 4 is 17.3 Å². The number of likely N-dealkylation sites (tertiary alicyclic amines) is 1. The SMILES string of the molecule is CC(C)(C)c1ccc(C(Nc2ccccc2)C(=O)N2CCCC2CNc2ccccc2)cc1. The maximum absolute atomic E-state index is 13.9. The number of carbonyl (C=O) groups is 1. The molecule has 0 spiro atoms. The Morgan fingerprint density at radius 1 is 0.909 bits per heavy atom. The molecule has 1 aliphatic heterocycles. The van der Waals surface area contributed by atoms with Crippen LogP contribution < -0.4 is 10.6 Å². The van der Waals surface area contributed by atoms with Gasteiger partial charge in [-0.15, -0.1) is 0 Å². The number of nitrogens with one attached hydrogen (secondary N) is 2. The number of carbonyl (C=O) groups excluding carboxylic acids is 1. The third-order valence-corrected chi connectivity index (χ3v) is 6.42. The van der Waals surface area contributed by atoms with Crippen molar-refractivity contribution in [2.45, 2.75) is 51.1 Å². The number of hydrogen-bond donors (Lipinski definition) is 2. The van der Waals surface area contributed by atoms with E-state index in [1.165, 1.54) is 5.56 Å². The van der Waals surface area contributed by atoms with E-state index < -0.39 is 6.04 Å². The number of hydrogen-bond acceptors (Lipinski definition) is 3. The first-order chi connectivity index (χ1) is 15.9. The fourth-order valence-electron chi connectivity index (χ4n) is 4.46. The van der Waals surface area contributed by atoms with E-state index >= 15 is 0 Å². The molecule has 1 heterocycles. The van der Waals surface area contributed by atoms with Crippen LogP contribution in [0.3, 0.4) is 0 Å². The van der Waals surface area contributed by atoms with Crippen LogP contribution in [0.4, 0.5) is 11.4 Å². The molecule has 0 aromatic heterocycles. The van der Waals surface area contributed by atoms with Crippen molar-refractivity contribution in [2.75, 3.05) is 23.7 Å². The van der Waals surface area contributed by atoms with Crippen molar-refractivity contribution in [3.8, 4) is 0 Å². The van der Waals surface area contributed by atoms with Crippen LogP contribution in [0, 0.1) is 0 Å². The van der Waals surface area contributed by atoms with Gasteiger partial charge in [-0.2, -0.15) is 0 Å². The molecule has 0 bridgehead atoms. The van der Waals surface area contributed by atoms with Crippen LogP contribution in [-0.2, 0) is 10.2 Å². The molecule has 2 N–H and O–H groups in total. The summed E-state index contributed by atoms with van der Waals surface area (Å²) in [6.45, 7) is 8.19. The highest BCUT2D eigenvalue weighted by Gasteiger charge is 2.34. The Morgan fingerprint density at radius 2 is 1.52 bits per heavy atom. The van der Waals surface area contributed by atoms with E-state index in [0.29, 0.717) is 0 Å². The first kappa shape index (κ1) is 22.9. The third-order valence-electron chi connectivity index (χ3n) is 6.42. The lowest BCUT2D eigenvalue weighted by Crippen LogP contribution is -2.43. The smallest absolute Gasteiger partial charge is 0.250 e. The van der Waals surface area contributed by atoms with Crippen molar-refractivity contribution in [1.82, 2.24) is 4.90 Å². The van der Waals surface area contributed by atoms with Crippen molar-refractivity contribution in [1.29, 1.82) is 0 Å². The van der Waals surface area contributed by atoms with Crippen LogP contribution >= 0.6 is 0 Å². The molecule has 33 heavy (non-hydrogen) atoms. The lowest BCUT2D eigenvalue weighted by Gasteiger charge is -2.31. The zero-order valence-corrected chi connectivity index (χ0v) is 19.9. The minimum atomic E-state index is -0.418. The number of anilines is 2. The van der Waals surface area contributed by atoms with Crippen LogP contribution in [0.15, 0.2) is 84.9 Å². The molecule has 2 unspecified atom stereocenters. The van der Waals surface area contributed by atoms with Crippen molar-refractivity contribution < 1.29 is 4.79 Å². The fraction of sp³-hybridized carbons (Fsp3) is 0.345. The summed E-state index contributed by atoms with van der Waals surface area (Å²) in [5.74, 6) is 0.139. The Morgan fingerprint density at radius 3 is 2.12 bits per heavy atom. The first-order valence-electron chi connectivity index (χ1n) is 11.9. The number of rotatable bonds is 7. The van der Waals surface area contributed by atoms with Gasteiger partial charge in [-0.25, -0.2) is 0 Å². The van der Waals surface area contributed by atoms with Crippen LogP contribution in [0.2, 0.25) is 0 Å². The summed E-state index contributed by atoms with van der Waals surface area (Å²) in [7, 11) is 0. The molecular formula is C29H35N3O. The Labute approximate surface area is 198 Å². The topological polar surface area (TPSA) is 44.4 Å². The minimum Gasteiger partial charge on any atom is -0.383 e. The fourth-order valence-corrected chi connectivity index (χ4v) is 4.46. The summed E-state index contributed by atoms with van der Waals surface area (Å²) in [4.78, 5) is 16.0. The molecule has 4 rings (SSSR count). The molecule has 3 aromatic rings. The van der Waals surface area contributed by atoms with Gasteiger partial charge in [0.05, 0.1) is 0 Å². The van der Waals surface area contributed by atoms with E-state index in [4.69, 9.17) is 0 Å². The molecule has 0 radical (unpaired) electrons.